The van der Waals surface area contributed by atoms with Crippen molar-refractivity contribution >= 4 is 11.6 Å². The summed E-state index contributed by atoms with van der Waals surface area (Å²) in [6.07, 6.45) is -4.54. The van der Waals surface area contributed by atoms with Crippen molar-refractivity contribution in [3.63, 3.8) is 0 Å². The molecule has 2 N–H and O–H groups in total. The van der Waals surface area contributed by atoms with Crippen LogP contribution >= 0.6 is 0 Å². The van der Waals surface area contributed by atoms with Crippen LogP contribution in [0.2, 0.25) is 0 Å². The van der Waals surface area contributed by atoms with Crippen LogP contribution in [0.25, 0.3) is 5.65 Å². The SMILES string of the molecule is Cc1c(C(N)=O)nc2ccc(C(F)(F)F)nn12. The van der Waals surface area contributed by atoms with E-state index in [1.165, 1.54) is 6.92 Å². The molecular weight excluding hydrogens is 237 g/mol. The molecule has 0 saturated carbocycles. The molecule has 0 aliphatic heterocycles. The van der Waals surface area contributed by atoms with Gasteiger partial charge in [0.05, 0.1) is 5.69 Å². The number of hydrogen-bond donors (Lipinski definition) is 1. The van der Waals surface area contributed by atoms with Crippen molar-refractivity contribution in [2.24, 2.45) is 5.73 Å². The summed E-state index contributed by atoms with van der Waals surface area (Å²) >= 11 is 0. The molecular formula is C9H7F3N4O. The largest absolute Gasteiger partial charge is 0.435 e. The number of imidazole rings is 1. The number of halogens is 3. The summed E-state index contributed by atoms with van der Waals surface area (Å²) < 4.78 is 38.2. The van der Waals surface area contributed by atoms with E-state index in [9.17, 15) is 18.0 Å². The minimum atomic E-state index is -4.54. The lowest BCUT2D eigenvalue weighted by molar-refractivity contribution is -0.141. The molecule has 17 heavy (non-hydrogen) atoms. The van der Waals surface area contributed by atoms with Crippen LogP contribution in [0.5, 0.6) is 0 Å². The lowest BCUT2D eigenvalue weighted by Gasteiger charge is -2.05. The van der Waals surface area contributed by atoms with Gasteiger partial charge in [0.1, 0.15) is 0 Å². The molecule has 90 valence electrons. The number of nitrogens with two attached hydrogens (primary N) is 1. The second kappa shape index (κ2) is 3.44. The number of primary amides is 1. The highest BCUT2D eigenvalue weighted by Crippen LogP contribution is 2.27. The third-order valence-electron chi connectivity index (χ3n) is 2.23. The van der Waals surface area contributed by atoms with E-state index in [4.69, 9.17) is 5.73 Å². The average Bonchev–Trinajstić information content (AvgIpc) is 2.54. The molecule has 0 unspecified atom stereocenters. The Hall–Kier alpha value is -2.12. The highest BCUT2D eigenvalue weighted by Gasteiger charge is 2.33. The van der Waals surface area contributed by atoms with Crippen molar-refractivity contribution in [1.82, 2.24) is 14.6 Å². The van der Waals surface area contributed by atoms with Gasteiger partial charge in [-0.3, -0.25) is 4.79 Å². The molecule has 0 aliphatic rings. The number of hydrogen-bond acceptors (Lipinski definition) is 3. The van der Waals surface area contributed by atoms with Crippen molar-refractivity contribution in [1.29, 1.82) is 0 Å². The first kappa shape index (κ1) is 11.4. The van der Waals surface area contributed by atoms with Gasteiger partial charge in [0, 0.05) is 0 Å². The maximum Gasteiger partial charge on any atom is 0.435 e. The molecule has 1 amide bonds. The van der Waals surface area contributed by atoms with Gasteiger partial charge in [-0.2, -0.15) is 18.3 Å². The summed E-state index contributed by atoms with van der Waals surface area (Å²) in [4.78, 5) is 14.8. The second-order valence-corrected chi connectivity index (χ2v) is 3.40. The van der Waals surface area contributed by atoms with Gasteiger partial charge in [-0.15, -0.1) is 0 Å². The fraction of sp³-hybridized carbons (Fsp3) is 0.222. The summed E-state index contributed by atoms with van der Waals surface area (Å²) in [5.41, 5.74) is 4.22. The van der Waals surface area contributed by atoms with Crippen LogP contribution in [0.15, 0.2) is 12.1 Å². The number of rotatable bonds is 1. The Balaban J connectivity index is 2.70. The van der Waals surface area contributed by atoms with Gasteiger partial charge in [-0.1, -0.05) is 0 Å². The van der Waals surface area contributed by atoms with Crippen LogP contribution in [0.4, 0.5) is 13.2 Å². The van der Waals surface area contributed by atoms with Crippen LogP contribution in [0.3, 0.4) is 0 Å². The van der Waals surface area contributed by atoms with Gasteiger partial charge in [0.25, 0.3) is 5.91 Å². The summed E-state index contributed by atoms with van der Waals surface area (Å²) in [6, 6.07) is 1.93. The zero-order chi connectivity index (χ0) is 12.8. The Morgan fingerprint density at radius 3 is 2.59 bits per heavy atom. The Morgan fingerprint density at radius 1 is 1.41 bits per heavy atom. The Bertz CT molecular complexity index is 602. The van der Waals surface area contributed by atoms with Crippen LogP contribution in [-0.4, -0.2) is 20.5 Å². The lowest BCUT2D eigenvalue weighted by Crippen LogP contribution is -2.14. The standard InChI is InChI=1S/C9H7F3N4O/c1-4-7(8(13)17)14-6-3-2-5(9(10,11)12)15-16(4)6/h2-3H,1H3,(H2,13,17). The minimum Gasteiger partial charge on any atom is -0.364 e. The van der Waals surface area contributed by atoms with Crippen molar-refractivity contribution in [3.8, 4) is 0 Å². The van der Waals surface area contributed by atoms with Crippen molar-refractivity contribution in [2.45, 2.75) is 13.1 Å². The molecule has 2 heterocycles. The van der Waals surface area contributed by atoms with Crippen LogP contribution in [0, 0.1) is 6.92 Å². The quantitative estimate of drug-likeness (QED) is 0.817. The van der Waals surface area contributed by atoms with Gasteiger partial charge in [-0.05, 0) is 19.1 Å². The Labute approximate surface area is 93.1 Å². The van der Waals surface area contributed by atoms with E-state index in [0.29, 0.717) is 0 Å². The molecule has 0 saturated heterocycles. The fourth-order valence-electron chi connectivity index (χ4n) is 1.43. The normalized spacial score (nSPS) is 12.0. The van der Waals surface area contributed by atoms with Crippen LogP contribution in [-0.2, 0) is 6.18 Å². The van der Waals surface area contributed by atoms with Gasteiger partial charge >= 0.3 is 6.18 Å². The summed E-state index contributed by atoms with van der Waals surface area (Å²) in [6.45, 7) is 1.42. The second-order valence-electron chi connectivity index (χ2n) is 3.40. The molecule has 0 atom stereocenters. The van der Waals surface area contributed by atoms with Crippen LogP contribution in [0.1, 0.15) is 21.9 Å². The van der Waals surface area contributed by atoms with Crippen molar-refractivity contribution in [2.75, 3.05) is 0 Å². The molecule has 0 fully saturated rings. The topological polar surface area (TPSA) is 73.3 Å². The molecule has 5 nitrogen and oxygen atoms in total. The third kappa shape index (κ3) is 1.81. The van der Waals surface area contributed by atoms with Gasteiger partial charge in [-0.25, -0.2) is 9.50 Å². The van der Waals surface area contributed by atoms with Gasteiger partial charge in [0.15, 0.2) is 17.0 Å². The molecule has 2 aromatic heterocycles. The molecule has 0 spiro atoms. The van der Waals surface area contributed by atoms with Crippen molar-refractivity contribution in [3.05, 3.63) is 29.2 Å². The minimum absolute atomic E-state index is 0.0863. The van der Waals surface area contributed by atoms with Gasteiger partial charge in [0.2, 0.25) is 0 Å². The van der Waals surface area contributed by atoms with E-state index in [0.717, 1.165) is 16.6 Å². The first-order valence-corrected chi connectivity index (χ1v) is 4.54. The number of aromatic nitrogens is 3. The molecule has 8 heteroatoms. The molecule has 0 aliphatic carbocycles. The number of aryl methyl sites for hydroxylation is 1. The molecule has 0 radical (unpaired) electrons. The molecule has 2 rings (SSSR count). The Morgan fingerprint density at radius 2 is 2.06 bits per heavy atom. The predicted molar refractivity (Wildman–Crippen MR) is 51.2 cm³/mol. The van der Waals surface area contributed by atoms with E-state index in [2.05, 4.69) is 10.1 Å². The first-order valence-electron chi connectivity index (χ1n) is 4.54. The monoisotopic (exact) mass is 244 g/mol. The lowest BCUT2D eigenvalue weighted by atomic mass is 10.3. The summed E-state index contributed by atoms with van der Waals surface area (Å²) in [5.74, 6) is -0.804. The fourth-order valence-corrected chi connectivity index (χ4v) is 1.43. The highest BCUT2D eigenvalue weighted by atomic mass is 19.4. The maximum atomic E-state index is 12.4. The van der Waals surface area contributed by atoms with E-state index < -0.39 is 17.8 Å². The Kier molecular flexibility index (Phi) is 2.30. The van der Waals surface area contributed by atoms with E-state index in [-0.39, 0.29) is 17.0 Å². The zero-order valence-electron chi connectivity index (χ0n) is 8.62. The summed E-state index contributed by atoms with van der Waals surface area (Å²) in [5, 5.41) is 3.37. The number of amides is 1. The van der Waals surface area contributed by atoms with E-state index in [1.807, 2.05) is 0 Å². The number of alkyl halides is 3. The number of nitrogens with zero attached hydrogens (tertiary/aromatic N) is 3. The highest BCUT2D eigenvalue weighted by molar-refractivity contribution is 5.92. The molecule has 2 aromatic rings. The maximum absolute atomic E-state index is 12.4. The van der Waals surface area contributed by atoms with E-state index >= 15 is 0 Å². The first-order chi connectivity index (χ1) is 7.80. The average molecular weight is 244 g/mol. The summed E-state index contributed by atoms with van der Waals surface area (Å²) in [7, 11) is 0. The third-order valence-corrected chi connectivity index (χ3v) is 2.23. The number of fused-ring (bicyclic) bond motifs is 1. The number of carbonyl (C=O) groups is 1. The zero-order valence-corrected chi connectivity index (χ0v) is 8.62. The predicted octanol–water partition coefficient (Wildman–Crippen LogP) is 1.16. The molecule has 0 bridgehead atoms. The van der Waals surface area contributed by atoms with Crippen molar-refractivity contribution < 1.29 is 18.0 Å². The number of carbonyl (C=O) groups excluding carboxylic acids is 1. The van der Waals surface area contributed by atoms with Crippen LogP contribution < -0.4 is 5.73 Å². The molecule has 0 aromatic carbocycles. The van der Waals surface area contributed by atoms with E-state index in [1.54, 1.807) is 0 Å². The van der Waals surface area contributed by atoms with Gasteiger partial charge < -0.3 is 5.73 Å². The smallest absolute Gasteiger partial charge is 0.364 e.